The van der Waals surface area contributed by atoms with Crippen LogP contribution in [-0.2, 0) is 19.1 Å². The summed E-state index contributed by atoms with van der Waals surface area (Å²) in [6, 6.07) is 0. The first kappa shape index (κ1) is 21.1. The molecule has 28 heavy (non-hydrogen) atoms. The molecule has 1 amide bonds. The van der Waals surface area contributed by atoms with Crippen molar-refractivity contribution in [3.63, 3.8) is 0 Å². The third kappa shape index (κ3) is 4.19. The van der Waals surface area contributed by atoms with Gasteiger partial charge < -0.3 is 19.5 Å². The molecule has 7 nitrogen and oxygen atoms in total. The van der Waals surface area contributed by atoms with Gasteiger partial charge in [0.25, 0.3) is 0 Å². The lowest BCUT2D eigenvalue weighted by molar-refractivity contribution is -0.145. The van der Waals surface area contributed by atoms with E-state index < -0.39 is 11.2 Å². The topological polar surface area (TPSA) is 93.1 Å². The van der Waals surface area contributed by atoms with E-state index in [0.717, 1.165) is 0 Å². The fourth-order valence-electron chi connectivity index (χ4n) is 5.08. The molecule has 3 fully saturated rings. The van der Waals surface area contributed by atoms with Crippen LogP contribution < -0.4 is 0 Å². The predicted octanol–water partition coefficient (Wildman–Crippen LogP) is 2.69. The number of nitrogens with zero attached hydrogens (tertiary/aromatic N) is 1. The van der Waals surface area contributed by atoms with Gasteiger partial charge in [0.05, 0.1) is 6.42 Å². The quantitative estimate of drug-likeness (QED) is 0.686. The molecular weight excluding hydrogens is 362 g/mol. The van der Waals surface area contributed by atoms with Gasteiger partial charge in [-0.05, 0) is 46.5 Å². The molecule has 0 aromatic heterocycles. The summed E-state index contributed by atoms with van der Waals surface area (Å²) in [6.07, 6.45) is 2.11. The van der Waals surface area contributed by atoms with Gasteiger partial charge in [-0.15, -0.1) is 0 Å². The monoisotopic (exact) mass is 395 g/mol. The highest BCUT2D eigenvalue weighted by Crippen LogP contribution is 2.48. The second kappa shape index (κ2) is 7.65. The van der Waals surface area contributed by atoms with Crippen LogP contribution in [0.25, 0.3) is 0 Å². The zero-order valence-corrected chi connectivity index (χ0v) is 17.4. The number of amides is 1. The van der Waals surface area contributed by atoms with Crippen LogP contribution in [0.3, 0.4) is 0 Å². The van der Waals surface area contributed by atoms with E-state index in [9.17, 15) is 19.5 Å². The molecular formula is C21H33NO6. The second-order valence-electron chi connectivity index (χ2n) is 9.67. The van der Waals surface area contributed by atoms with Crippen LogP contribution in [0.2, 0.25) is 0 Å². The van der Waals surface area contributed by atoms with E-state index in [1.54, 1.807) is 4.90 Å². The number of carbonyl (C=O) groups excluding carboxylic acids is 3. The summed E-state index contributed by atoms with van der Waals surface area (Å²) in [5.41, 5.74) is -1.95. The van der Waals surface area contributed by atoms with Gasteiger partial charge >= 0.3 is 12.1 Å². The molecule has 1 saturated carbocycles. The maximum absolute atomic E-state index is 12.8. The number of carbonyl (C=O) groups is 3. The Morgan fingerprint density at radius 3 is 2.50 bits per heavy atom. The van der Waals surface area contributed by atoms with Crippen molar-refractivity contribution in [2.75, 3.05) is 13.1 Å². The van der Waals surface area contributed by atoms with Gasteiger partial charge in [0.2, 0.25) is 0 Å². The molecule has 2 aliphatic heterocycles. The average Bonchev–Trinajstić information content (AvgIpc) is 3.04. The van der Waals surface area contributed by atoms with Crippen LogP contribution in [-0.4, -0.2) is 58.2 Å². The molecule has 7 heteroatoms. The number of cyclic esters (lactones) is 1. The number of aliphatic hydroxyl groups is 1. The molecule has 1 N–H and O–H groups in total. The minimum Gasteiger partial charge on any atom is -0.462 e. The summed E-state index contributed by atoms with van der Waals surface area (Å²) in [4.78, 5) is 38.6. The maximum atomic E-state index is 12.8. The maximum Gasteiger partial charge on any atom is 0.410 e. The fraction of sp³-hybridized carbons (Fsp3) is 0.857. The highest BCUT2D eigenvalue weighted by Gasteiger charge is 2.57. The number of ether oxygens (including phenoxy) is 2. The van der Waals surface area contributed by atoms with E-state index in [2.05, 4.69) is 0 Å². The largest absolute Gasteiger partial charge is 0.462 e. The van der Waals surface area contributed by atoms with Crippen LogP contribution in [0.5, 0.6) is 0 Å². The number of Topliss-reactive ketones (excluding diaryl/α,β-unsaturated/α-hetero) is 1. The van der Waals surface area contributed by atoms with Crippen molar-refractivity contribution in [2.24, 2.45) is 17.8 Å². The van der Waals surface area contributed by atoms with Gasteiger partial charge in [0.15, 0.2) is 5.78 Å². The molecule has 2 saturated heterocycles. The van der Waals surface area contributed by atoms with Gasteiger partial charge in [-0.3, -0.25) is 9.59 Å². The molecule has 0 aromatic rings. The van der Waals surface area contributed by atoms with Gasteiger partial charge in [0.1, 0.15) is 17.3 Å². The molecule has 3 rings (SSSR count). The van der Waals surface area contributed by atoms with Crippen LogP contribution in [0.1, 0.15) is 66.2 Å². The van der Waals surface area contributed by atoms with Gasteiger partial charge in [0, 0.05) is 37.3 Å². The molecule has 1 aliphatic carbocycles. The molecule has 158 valence electrons. The van der Waals surface area contributed by atoms with E-state index in [1.165, 1.54) is 0 Å². The van der Waals surface area contributed by atoms with Crippen molar-refractivity contribution in [2.45, 2.75) is 83.5 Å². The Kier molecular flexibility index (Phi) is 5.76. The van der Waals surface area contributed by atoms with Crippen molar-refractivity contribution >= 4 is 17.8 Å². The van der Waals surface area contributed by atoms with Crippen molar-refractivity contribution < 1.29 is 29.0 Å². The number of fused-ring (bicyclic) bond motifs is 1. The molecule has 0 radical (unpaired) electrons. The lowest BCUT2D eigenvalue weighted by atomic mass is 9.76. The minimum atomic E-state index is -1.39. The number of rotatable bonds is 1. The normalized spacial score (nSPS) is 37.0. The minimum absolute atomic E-state index is 0.0542. The van der Waals surface area contributed by atoms with E-state index in [0.29, 0.717) is 45.2 Å². The molecule has 5 atom stereocenters. The summed E-state index contributed by atoms with van der Waals surface area (Å²) in [5.74, 6) is -0.703. The second-order valence-corrected chi connectivity index (χ2v) is 9.67. The SMILES string of the molecule is C[C@@H]1CC(=O)O[C@H]1[C@H]1CC(=O)[C@]2(O)CCCN(C(=O)OC(C)(C)C)CCC[C@@H]12. The molecule has 0 bridgehead atoms. The first-order valence-electron chi connectivity index (χ1n) is 10.4. The van der Waals surface area contributed by atoms with Gasteiger partial charge in [-0.25, -0.2) is 4.79 Å². The van der Waals surface area contributed by atoms with E-state index in [-0.39, 0.29) is 48.1 Å². The lowest BCUT2D eigenvalue weighted by Gasteiger charge is -2.33. The predicted molar refractivity (Wildman–Crippen MR) is 101 cm³/mol. The Balaban J connectivity index is 1.74. The van der Waals surface area contributed by atoms with Gasteiger partial charge in [-0.1, -0.05) is 6.92 Å². The Labute approximate surface area is 166 Å². The van der Waals surface area contributed by atoms with Crippen molar-refractivity contribution in [1.82, 2.24) is 4.90 Å². The summed E-state index contributed by atoms with van der Waals surface area (Å²) in [6.45, 7) is 8.46. The Bertz CT molecular complexity index is 641. The van der Waals surface area contributed by atoms with Crippen molar-refractivity contribution in [3.05, 3.63) is 0 Å². The summed E-state index contributed by atoms with van der Waals surface area (Å²) >= 11 is 0. The average molecular weight is 395 g/mol. The fourth-order valence-corrected chi connectivity index (χ4v) is 5.08. The first-order valence-corrected chi connectivity index (χ1v) is 10.4. The summed E-state index contributed by atoms with van der Waals surface area (Å²) in [5, 5.41) is 11.3. The van der Waals surface area contributed by atoms with Crippen LogP contribution >= 0.6 is 0 Å². The molecule has 2 heterocycles. The van der Waals surface area contributed by atoms with Crippen LogP contribution in [0, 0.1) is 17.8 Å². The molecule has 0 unspecified atom stereocenters. The molecule has 0 spiro atoms. The summed E-state index contributed by atoms with van der Waals surface area (Å²) in [7, 11) is 0. The zero-order chi connectivity index (χ0) is 20.7. The first-order chi connectivity index (χ1) is 13.0. The van der Waals surface area contributed by atoms with Crippen LogP contribution in [0.15, 0.2) is 0 Å². The van der Waals surface area contributed by atoms with Crippen molar-refractivity contribution in [3.8, 4) is 0 Å². The third-order valence-electron chi connectivity index (χ3n) is 6.35. The molecule has 3 aliphatic rings. The lowest BCUT2D eigenvalue weighted by Crippen LogP contribution is -2.43. The standard InChI is InChI=1S/C21H33NO6/c1-13-11-17(24)27-18(13)14-12-16(23)21(26)8-6-10-22(9-5-7-15(14)21)19(25)28-20(2,3)4/h13-15,18,26H,5-12H2,1-4H3/t13-,14+,15+,18-,21+/m1/s1. The number of ketones is 1. The highest BCUT2D eigenvalue weighted by atomic mass is 16.6. The Hall–Kier alpha value is -1.63. The van der Waals surface area contributed by atoms with Gasteiger partial charge in [-0.2, -0.15) is 0 Å². The smallest absolute Gasteiger partial charge is 0.410 e. The van der Waals surface area contributed by atoms with E-state index in [4.69, 9.17) is 9.47 Å². The molecule has 0 aromatic carbocycles. The number of hydrogen-bond acceptors (Lipinski definition) is 6. The number of esters is 1. The zero-order valence-electron chi connectivity index (χ0n) is 17.4. The van der Waals surface area contributed by atoms with Crippen molar-refractivity contribution in [1.29, 1.82) is 0 Å². The van der Waals surface area contributed by atoms with E-state index in [1.807, 2.05) is 27.7 Å². The third-order valence-corrected chi connectivity index (χ3v) is 6.35. The Morgan fingerprint density at radius 2 is 1.89 bits per heavy atom. The van der Waals surface area contributed by atoms with E-state index >= 15 is 0 Å². The number of hydrogen-bond donors (Lipinski definition) is 1. The van der Waals surface area contributed by atoms with Crippen LogP contribution in [0.4, 0.5) is 4.79 Å². The Morgan fingerprint density at radius 1 is 1.21 bits per heavy atom. The highest BCUT2D eigenvalue weighted by molar-refractivity contribution is 5.90. The summed E-state index contributed by atoms with van der Waals surface area (Å²) < 4.78 is 11.0.